The summed E-state index contributed by atoms with van der Waals surface area (Å²) >= 11 is 1.79. The molecule has 0 amide bonds. The number of thiazole rings is 1. The normalized spacial score (nSPS) is 17.6. The van der Waals surface area contributed by atoms with Gasteiger partial charge in [0.2, 0.25) is 0 Å². The van der Waals surface area contributed by atoms with Gasteiger partial charge in [-0.25, -0.2) is 4.98 Å². The summed E-state index contributed by atoms with van der Waals surface area (Å²) in [5.41, 5.74) is 0. The number of aryl methyl sites for hydroxylation is 1. The second kappa shape index (κ2) is 5.75. The summed E-state index contributed by atoms with van der Waals surface area (Å²) in [6, 6.07) is 0.497. The van der Waals surface area contributed by atoms with Gasteiger partial charge in [-0.2, -0.15) is 0 Å². The molecule has 90 valence electrons. The maximum absolute atomic E-state index is 9.00. The highest BCUT2D eigenvalue weighted by atomic mass is 32.1. The lowest BCUT2D eigenvalue weighted by atomic mass is 10.1. The molecule has 2 rings (SSSR count). The summed E-state index contributed by atoms with van der Waals surface area (Å²) in [6.07, 6.45) is 6.51. The van der Waals surface area contributed by atoms with Gasteiger partial charge in [-0.1, -0.05) is 6.92 Å². The van der Waals surface area contributed by atoms with Crippen LogP contribution in [0.3, 0.4) is 0 Å². The van der Waals surface area contributed by atoms with Crippen molar-refractivity contribution < 1.29 is 5.11 Å². The minimum atomic E-state index is 0.289. The van der Waals surface area contributed by atoms with E-state index in [-0.39, 0.29) is 6.61 Å². The van der Waals surface area contributed by atoms with E-state index in [0.717, 1.165) is 25.3 Å². The van der Waals surface area contributed by atoms with Gasteiger partial charge in [-0.05, 0) is 31.6 Å². The molecular weight excluding hydrogens is 220 g/mol. The van der Waals surface area contributed by atoms with Crippen LogP contribution in [-0.4, -0.2) is 22.7 Å². The molecule has 1 fully saturated rings. The topological polar surface area (TPSA) is 45.2 Å². The van der Waals surface area contributed by atoms with Crippen molar-refractivity contribution in [2.45, 2.75) is 45.2 Å². The number of rotatable bonds is 7. The molecule has 1 aliphatic carbocycles. The molecule has 0 bridgehead atoms. The molecule has 1 aliphatic rings. The highest BCUT2D eigenvalue weighted by Gasteiger charge is 2.30. The maximum atomic E-state index is 9.00. The minimum Gasteiger partial charge on any atom is -0.396 e. The van der Waals surface area contributed by atoms with Gasteiger partial charge in [0.25, 0.3) is 0 Å². The zero-order valence-corrected chi connectivity index (χ0v) is 10.6. The van der Waals surface area contributed by atoms with Crippen molar-refractivity contribution in [2.24, 2.45) is 5.92 Å². The molecule has 16 heavy (non-hydrogen) atoms. The molecule has 1 atom stereocenters. The predicted molar refractivity (Wildman–Crippen MR) is 66.5 cm³/mol. The second-order valence-corrected chi connectivity index (χ2v) is 5.61. The summed E-state index contributed by atoms with van der Waals surface area (Å²) in [7, 11) is 0. The van der Waals surface area contributed by atoms with Gasteiger partial charge >= 0.3 is 0 Å². The Morgan fingerprint density at radius 1 is 1.62 bits per heavy atom. The molecule has 1 saturated carbocycles. The Labute approximate surface area is 101 Å². The van der Waals surface area contributed by atoms with E-state index < -0.39 is 0 Å². The lowest BCUT2D eigenvalue weighted by Crippen LogP contribution is -2.31. The van der Waals surface area contributed by atoms with E-state index in [1.54, 1.807) is 11.3 Å². The van der Waals surface area contributed by atoms with E-state index in [1.807, 2.05) is 6.20 Å². The summed E-state index contributed by atoms with van der Waals surface area (Å²) in [5, 5.41) is 13.8. The third-order valence-corrected chi connectivity index (χ3v) is 4.22. The lowest BCUT2D eigenvalue weighted by Gasteiger charge is -2.16. The molecule has 3 nitrogen and oxygen atoms in total. The monoisotopic (exact) mass is 240 g/mol. The fraction of sp³-hybridized carbons (Fsp3) is 0.750. The van der Waals surface area contributed by atoms with Crippen LogP contribution in [0.15, 0.2) is 6.20 Å². The third kappa shape index (κ3) is 3.27. The molecule has 1 aromatic heterocycles. The molecular formula is C12H20N2OS. The van der Waals surface area contributed by atoms with E-state index in [9.17, 15) is 0 Å². The fourth-order valence-corrected chi connectivity index (χ4v) is 2.78. The van der Waals surface area contributed by atoms with Crippen molar-refractivity contribution in [1.29, 1.82) is 0 Å². The standard InChI is InChI=1S/C12H20N2OS/c1-2-12-14-8-10(16-12)7-13-11(5-6-15)9-3-4-9/h8-9,11,13,15H,2-7H2,1H3. The van der Waals surface area contributed by atoms with Crippen LogP contribution in [0, 0.1) is 5.92 Å². The average molecular weight is 240 g/mol. The number of aliphatic hydroxyl groups is 1. The predicted octanol–water partition coefficient (Wildman–Crippen LogP) is 1.96. The molecule has 2 N–H and O–H groups in total. The molecule has 1 aromatic rings. The largest absolute Gasteiger partial charge is 0.396 e. The van der Waals surface area contributed by atoms with Gasteiger partial charge in [0.15, 0.2) is 0 Å². The van der Waals surface area contributed by atoms with E-state index in [0.29, 0.717) is 6.04 Å². The van der Waals surface area contributed by atoms with Crippen molar-refractivity contribution in [1.82, 2.24) is 10.3 Å². The van der Waals surface area contributed by atoms with Gasteiger partial charge in [0.1, 0.15) is 0 Å². The lowest BCUT2D eigenvalue weighted by molar-refractivity contribution is 0.256. The second-order valence-electron chi connectivity index (χ2n) is 4.41. The van der Waals surface area contributed by atoms with Crippen molar-refractivity contribution in [3.63, 3.8) is 0 Å². The molecule has 1 heterocycles. The molecule has 1 unspecified atom stereocenters. The Bertz CT molecular complexity index is 323. The number of aromatic nitrogens is 1. The van der Waals surface area contributed by atoms with Crippen LogP contribution in [-0.2, 0) is 13.0 Å². The number of hydrogen-bond acceptors (Lipinski definition) is 4. The SMILES string of the molecule is CCc1ncc(CNC(CCO)C2CC2)s1. The number of hydrogen-bond donors (Lipinski definition) is 2. The van der Waals surface area contributed by atoms with Crippen LogP contribution in [0.1, 0.15) is 36.1 Å². The Hall–Kier alpha value is -0.450. The van der Waals surface area contributed by atoms with Crippen LogP contribution >= 0.6 is 11.3 Å². The van der Waals surface area contributed by atoms with Gasteiger partial charge in [0, 0.05) is 30.3 Å². The van der Waals surface area contributed by atoms with E-state index >= 15 is 0 Å². The van der Waals surface area contributed by atoms with Crippen LogP contribution in [0.25, 0.3) is 0 Å². The van der Waals surface area contributed by atoms with Crippen LogP contribution in [0.2, 0.25) is 0 Å². The average Bonchev–Trinajstić information content (AvgIpc) is 3.03. The Kier molecular flexibility index (Phi) is 4.32. The Balaban J connectivity index is 1.80. The Morgan fingerprint density at radius 3 is 3.00 bits per heavy atom. The first-order valence-electron chi connectivity index (χ1n) is 6.11. The molecule has 0 saturated heterocycles. The van der Waals surface area contributed by atoms with Crippen molar-refractivity contribution in [3.05, 3.63) is 16.1 Å². The molecule has 0 aromatic carbocycles. The van der Waals surface area contributed by atoms with Crippen LogP contribution in [0.4, 0.5) is 0 Å². The van der Waals surface area contributed by atoms with Gasteiger partial charge in [-0.15, -0.1) is 11.3 Å². The number of aliphatic hydroxyl groups excluding tert-OH is 1. The quantitative estimate of drug-likeness (QED) is 0.766. The van der Waals surface area contributed by atoms with Gasteiger partial charge < -0.3 is 10.4 Å². The molecule has 0 radical (unpaired) electrons. The van der Waals surface area contributed by atoms with Crippen molar-refractivity contribution >= 4 is 11.3 Å². The van der Waals surface area contributed by atoms with Crippen molar-refractivity contribution in [2.75, 3.05) is 6.61 Å². The molecule has 4 heteroatoms. The van der Waals surface area contributed by atoms with Gasteiger partial charge in [0.05, 0.1) is 5.01 Å². The number of nitrogens with one attached hydrogen (secondary N) is 1. The van der Waals surface area contributed by atoms with E-state index in [2.05, 4.69) is 17.2 Å². The first kappa shape index (κ1) is 12.0. The fourth-order valence-electron chi connectivity index (χ4n) is 1.97. The van der Waals surface area contributed by atoms with E-state index in [1.165, 1.54) is 22.7 Å². The summed E-state index contributed by atoms with van der Waals surface area (Å²) in [4.78, 5) is 5.65. The third-order valence-electron chi connectivity index (χ3n) is 3.07. The van der Waals surface area contributed by atoms with E-state index in [4.69, 9.17) is 5.11 Å². The summed E-state index contributed by atoms with van der Waals surface area (Å²) in [5.74, 6) is 0.797. The van der Waals surface area contributed by atoms with Crippen LogP contribution < -0.4 is 5.32 Å². The molecule has 0 aliphatic heterocycles. The summed E-state index contributed by atoms with van der Waals surface area (Å²) < 4.78 is 0. The van der Waals surface area contributed by atoms with Crippen molar-refractivity contribution in [3.8, 4) is 0 Å². The summed E-state index contributed by atoms with van der Waals surface area (Å²) in [6.45, 7) is 3.32. The first-order chi connectivity index (χ1) is 7.83. The zero-order chi connectivity index (χ0) is 11.4. The number of nitrogens with zero attached hydrogens (tertiary/aromatic N) is 1. The highest BCUT2D eigenvalue weighted by molar-refractivity contribution is 7.11. The minimum absolute atomic E-state index is 0.289. The Morgan fingerprint density at radius 2 is 2.44 bits per heavy atom. The molecule has 0 spiro atoms. The van der Waals surface area contributed by atoms with Crippen LogP contribution in [0.5, 0.6) is 0 Å². The maximum Gasteiger partial charge on any atom is 0.0925 e. The smallest absolute Gasteiger partial charge is 0.0925 e. The van der Waals surface area contributed by atoms with Gasteiger partial charge in [-0.3, -0.25) is 0 Å². The first-order valence-corrected chi connectivity index (χ1v) is 6.93. The zero-order valence-electron chi connectivity index (χ0n) is 9.78. The highest BCUT2D eigenvalue weighted by Crippen LogP contribution is 2.34.